The second kappa shape index (κ2) is 10.4. The van der Waals surface area contributed by atoms with Crippen LogP contribution in [0.5, 0.6) is 0 Å². The molecule has 1 atom stereocenters. The minimum atomic E-state index is -0.789. The van der Waals surface area contributed by atoms with Gasteiger partial charge in [-0.05, 0) is 56.9 Å². The summed E-state index contributed by atoms with van der Waals surface area (Å²) in [6.07, 6.45) is 14.8. The number of carbonyl (C=O) groups excluding carboxylic acids is 1. The highest BCUT2D eigenvalue weighted by atomic mass is 16.6. The van der Waals surface area contributed by atoms with Gasteiger partial charge in [0.2, 0.25) is 6.35 Å². The zero-order valence-electron chi connectivity index (χ0n) is 16.4. The summed E-state index contributed by atoms with van der Waals surface area (Å²) in [5, 5.41) is 2.95. The summed E-state index contributed by atoms with van der Waals surface area (Å²) < 4.78 is 22.2. The lowest BCUT2D eigenvalue weighted by Crippen LogP contribution is -2.42. The molecule has 29 heavy (non-hydrogen) atoms. The Hall–Kier alpha value is -3.13. The van der Waals surface area contributed by atoms with Gasteiger partial charge in [0.15, 0.2) is 0 Å². The lowest BCUT2D eigenvalue weighted by molar-refractivity contribution is -0.141. The maximum atomic E-state index is 11.4. The summed E-state index contributed by atoms with van der Waals surface area (Å²) in [6.45, 7) is 5.33. The average molecular weight is 399 g/mol. The Morgan fingerprint density at radius 1 is 1.10 bits per heavy atom. The van der Waals surface area contributed by atoms with E-state index in [1.807, 2.05) is 36.5 Å². The number of nitrogens with zero attached hydrogens (tertiary/aromatic N) is 2. The van der Waals surface area contributed by atoms with E-state index in [9.17, 15) is 4.79 Å². The number of amidine groups is 2. The van der Waals surface area contributed by atoms with Crippen molar-refractivity contribution >= 4 is 18.0 Å². The normalized spacial score (nSPS) is 20.5. The molecule has 0 saturated carbocycles. The van der Waals surface area contributed by atoms with E-state index in [1.165, 1.54) is 0 Å². The summed E-state index contributed by atoms with van der Waals surface area (Å²) in [7, 11) is 0. The van der Waals surface area contributed by atoms with Gasteiger partial charge in [-0.3, -0.25) is 5.32 Å². The van der Waals surface area contributed by atoms with Crippen molar-refractivity contribution in [1.29, 1.82) is 0 Å². The maximum Gasteiger partial charge on any atom is 0.333 e. The van der Waals surface area contributed by atoms with Crippen molar-refractivity contribution in [3.63, 3.8) is 0 Å². The van der Waals surface area contributed by atoms with Gasteiger partial charge in [-0.25, -0.2) is 4.79 Å². The number of hydrogen-bond acceptors (Lipinski definition) is 8. The topological polar surface area (TPSA) is 90.7 Å². The molecule has 1 aliphatic heterocycles. The second-order valence-corrected chi connectivity index (χ2v) is 6.49. The molecule has 8 nitrogen and oxygen atoms in total. The fourth-order valence-corrected chi connectivity index (χ4v) is 2.53. The minimum Gasteiger partial charge on any atom is -0.460 e. The van der Waals surface area contributed by atoms with E-state index in [0.717, 1.165) is 25.7 Å². The molecule has 0 fully saturated rings. The van der Waals surface area contributed by atoms with Crippen LogP contribution in [0.1, 0.15) is 32.6 Å². The third kappa shape index (κ3) is 6.76. The second-order valence-electron chi connectivity index (χ2n) is 6.49. The molecule has 2 aliphatic carbocycles. The van der Waals surface area contributed by atoms with Crippen molar-refractivity contribution in [2.24, 2.45) is 9.98 Å². The molecular formula is C21H25N3O5. The van der Waals surface area contributed by atoms with Crippen molar-refractivity contribution in [3.8, 4) is 0 Å². The van der Waals surface area contributed by atoms with Gasteiger partial charge in [-0.2, -0.15) is 4.99 Å². The smallest absolute Gasteiger partial charge is 0.333 e. The minimum absolute atomic E-state index is 0.0741. The Kier molecular flexibility index (Phi) is 7.40. The number of hydrogen-bond donors (Lipinski definition) is 1. The number of ether oxygens (including phenoxy) is 4. The molecule has 0 aromatic carbocycles. The molecule has 0 aromatic heterocycles. The number of carbonyl (C=O) groups is 1. The molecule has 0 spiro atoms. The highest BCUT2D eigenvalue weighted by Gasteiger charge is 2.22. The highest BCUT2D eigenvalue weighted by molar-refractivity contribution is 5.92. The van der Waals surface area contributed by atoms with Gasteiger partial charge in [-0.15, -0.1) is 4.99 Å². The first-order valence-corrected chi connectivity index (χ1v) is 9.56. The predicted molar refractivity (Wildman–Crippen MR) is 109 cm³/mol. The molecule has 3 aliphatic rings. The summed E-state index contributed by atoms with van der Waals surface area (Å²) in [4.78, 5) is 20.0. The Morgan fingerprint density at radius 2 is 1.79 bits per heavy atom. The molecule has 154 valence electrons. The molecule has 0 amide bonds. The summed E-state index contributed by atoms with van der Waals surface area (Å²) in [5.41, 5.74) is 0.333. The van der Waals surface area contributed by atoms with Crippen LogP contribution in [0.4, 0.5) is 0 Å². The van der Waals surface area contributed by atoms with Crippen LogP contribution in [0.15, 0.2) is 70.1 Å². The van der Waals surface area contributed by atoms with Gasteiger partial charge < -0.3 is 18.9 Å². The Labute approximate surface area is 170 Å². The van der Waals surface area contributed by atoms with Crippen molar-refractivity contribution < 1.29 is 23.7 Å². The van der Waals surface area contributed by atoms with Crippen LogP contribution in [-0.4, -0.2) is 37.6 Å². The van der Waals surface area contributed by atoms with Gasteiger partial charge in [0.1, 0.15) is 18.1 Å². The third-order valence-electron chi connectivity index (χ3n) is 3.96. The molecule has 0 saturated heterocycles. The third-order valence-corrected chi connectivity index (χ3v) is 3.96. The summed E-state index contributed by atoms with van der Waals surface area (Å²) in [6, 6.07) is 0.345. The molecule has 8 heteroatoms. The van der Waals surface area contributed by atoms with Crippen molar-refractivity contribution in [1.82, 2.24) is 5.32 Å². The maximum absolute atomic E-state index is 11.4. The molecule has 0 aromatic rings. The van der Waals surface area contributed by atoms with Crippen LogP contribution in [0, 0.1) is 0 Å². The predicted octanol–water partition coefficient (Wildman–Crippen LogP) is 3.22. The Morgan fingerprint density at radius 3 is 2.41 bits per heavy atom. The number of esters is 1. The first kappa shape index (κ1) is 20.6. The first-order valence-electron chi connectivity index (χ1n) is 9.56. The van der Waals surface area contributed by atoms with Crippen LogP contribution < -0.4 is 5.32 Å². The van der Waals surface area contributed by atoms with Gasteiger partial charge in [0.05, 0.1) is 6.61 Å². The molecule has 1 heterocycles. The lowest BCUT2D eigenvalue weighted by Gasteiger charge is -2.23. The van der Waals surface area contributed by atoms with Gasteiger partial charge in [-0.1, -0.05) is 18.7 Å². The van der Waals surface area contributed by atoms with Crippen molar-refractivity contribution in [2.75, 3.05) is 13.2 Å². The van der Waals surface area contributed by atoms with Crippen LogP contribution in [0.3, 0.4) is 0 Å². The zero-order valence-corrected chi connectivity index (χ0v) is 16.4. The van der Waals surface area contributed by atoms with Crippen LogP contribution in [-0.2, 0) is 23.7 Å². The van der Waals surface area contributed by atoms with E-state index < -0.39 is 12.3 Å². The average Bonchev–Trinajstić information content (AvgIpc) is 2.72. The first-order chi connectivity index (χ1) is 14.1. The SMILES string of the molecule is C=C(C)C(=O)OCCOC1N=C(OC2=CCCC=C2)N=C(OC2=CCCC=C2)N1. The number of rotatable bonds is 7. The zero-order chi connectivity index (χ0) is 20.5. The quantitative estimate of drug-likeness (QED) is 0.402. The Bertz CT molecular complexity index is 820. The number of aliphatic imine (C=N–C) groups is 2. The number of nitrogens with one attached hydrogen (secondary N) is 1. The van der Waals surface area contributed by atoms with Gasteiger partial charge in [0.25, 0.3) is 0 Å². The monoisotopic (exact) mass is 399 g/mol. The van der Waals surface area contributed by atoms with Gasteiger partial charge >= 0.3 is 18.0 Å². The highest BCUT2D eigenvalue weighted by Crippen LogP contribution is 2.15. The van der Waals surface area contributed by atoms with E-state index in [1.54, 1.807) is 6.92 Å². The molecule has 1 unspecified atom stereocenters. The van der Waals surface area contributed by atoms with E-state index in [2.05, 4.69) is 21.9 Å². The number of allylic oxidation sites excluding steroid dienone is 6. The van der Waals surface area contributed by atoms with Crippen molar-refractivity contribution in [2.45, 2.75) is 39.0 Å². The summed E-state index contributed by atoms with van der Waals surface area (Å²) >= 11 is 0. The van der Waals surface area contributed by atoms with E-state index in [0.29, 0.717) is 17.1 Å². The molecule has 0 radical (unpaired) electrons. The standard InChI is InChI=1S/C21H25N3O5/c1-15(2)18(25)26-13-14-27-19-22-20(28-16-9-5-3-6-10-16)24-21(23-19)29-17-11-7-4-8-12-17/h5,7,9-12,19H,1,3-4,6,8,13-14H2,2H3,(H,22,23,24). The van der Waals surface area contributed by atoms with E-state index in [4.69, 9.17) is 18.9 Å². The van der Waals surface area contributed by atoms with Crippen LogP contribution in [0.25, 0.3) is 0 Å². The molecule has 3 rings (SSSR count). The fourth-order valence-electron chi connectivity index (χ4n) is 2.53. The van der Waals surface area contributed by atoms with Crippen LogP contribution >= 0.6 is 0 Å². The largest absolute Gasteiger partial charge is 0.460 e. The van der Waals surface area contributed by atoms with Crippen LogP contribution in [0.2, 0.25) is 0 Å². The fraction of sp³-hybridized carbons (Fsp3) is 0.381. The van der Waals surface area contributed by atoms with Crippen molar-refractivity contribution in [3.05, 3.63) is 60.1 Å². The molecular weight excluding hydrogens is 374 g/mol. The summed E-state index contributed by atoms with van der Waals surface area (Å²) in [5.74, 6) is 0.899. The van der Waals surface area contributed by atoms with E-state index in [-0.39, 0.29) is 25.3 Å². The van der Waals surface area contributed by atoms with E-state index >= 15 is 0 Å². The molecule has 1 N–H and O–H groups in total. The molecule has 0 bridgehead atoms. The lowest BCUT2D eigenvalue weighted by atomic mass is 10.2. The van der Waals surface area contributed by atoms with Gasteiger partial charge in [0, 0.05) is 5.57 Å². The Balaban J connectivity index is 1.61.